The summed E-state index contributed by atoms with van der Waals surface area (Å²) in [6.07, 6.45) is 0. The Labute approximate surface area is 129 Å². The topological polar surface area (TPSA) is 35.6 Å². The number of likely N-dealkylation sites (N-methyl/N-ethyl adjacent to an activating group) is 1. The summed E-state index contributed by atoms with van der Waals surface area (Å²) in [5.41, 5.74) is 1.33. The van der Waals surface area contributed by atoms with Gasteiger partial charge in [-0.1, -0.05) is 18.2 Å². The molecule has 1 fully saturated rings. The standard InChI is InChI=1S/C16H21N3OS/c1-18(2)16(20)14-9-17-7-8-19(14)10-12-11-21-15-6-4-3-5-13(12)15/h3-6,11,14,17H,7-10H2,1-2H3. The molecule has 0 radical (unpaired) electrons. The molecule has 1 aliphatic heterocycles. The largest absolute Gasteiger partial charge is 0.347 e. The van der Waals surface area contributed by atoms with Gasteiger partial charge in [0.25, 0.3) is 0 Å². The van der Waals surface area contributed by atoms with E-state index in [4.69, 9.17) is 0 Å². The van der Waals surface area contributed by atoms with Crippen molar-refractivity contribution in [2.75, 3.05) is 33.7 Å². The quantitative estimate of drug-likeness (QED) is 0.938. The smallest absolute Gasteiger partial charge is 0.240 e. The molecule has 1 aromatic carbocycles. The Kier molecular flexibility index (Phi) is 4.24. The van der Waals surface area contributed by atoms with Crippen LogP contribution < -0.4 is 5.32 Å². The summed E-state index contributed by atoms with van der Waals surface area (Å²) in [4.78, 5) is 16.3. The van der Waals surface area contributed by atoms with Crippen molar-refractivity contribution in [1.29, 1.82) is 0 Å². The molecule has 1 N–H and O–H groups in total. The first-order chi connectivity index (χ1) is 10.2. The van der Waals surface area contributed by atoms with E-state index >= 15 is 0 Å². The van der Waals surface area contributed by atoms with Crippen LogP contribution in [0.4, 0.5) is 0 Å². The molecule has 1 amide bonds. The number of nitrogens with one attached hydrogen (secondary N) is 1. The second-order valence-electron chi connectivity index (χ2n) is 5.68. The van der Waals surface area contributed by atoms with Gasteiger partial charge in [-0.25, -0.2) is 0 Å². The number of hydrogen-bond donors (Lipinski definition) is 1. The molecule has 1 unspecified atom stereocenters. The van der Waals surface area contributed by atoms with Crippen LogP contribution >= 0.6 is 11.3 Å². The first-order valence-corrected chi connectivity index (χ1v) is 8.16. The van der Waals surface area contributed by atoms with Crippen LogP contribution in [0.3, 0.4) is 0 Å². The van der Waals surface area contributed by atoms with Gasteiger partial charge in [0, 0.05) is 45.0 Å². The number of nitrogens with zero attached hydrogens (tertiary/aromatic N) is 2. The SMILES string of the molecule is CN(C)C(=O)C1CNCCN1Cc1csc2ccccc12. The van der Waals surface area contributed by atoms with Crippen LogP contribution in [0.2, 0.25) is 0 Å². The third kappa shape index (κ3) is 2.95. The van der Waals surface area contributed by atoms with E-state index in [1.807, 2.05) is 14.1 Å². The molecule has 1 saturated heterocycles. The number of carbonyl (C=O) groups excluding carboxylic acids is 1. The van der Waals surface area contributed by atoms with E-state index in [1.54, 1.807) is 16.2 Å². The van der Waals surface area contributed by atoms with E-state index in [1.165, 1.54) is 15.6 Å². The van der Waals surface area contributed by atoms with E-state index in [0.29, 0.717) is 0 Å². The summed E-state index contributed by atoms with van der Waals surface area (Å²) >= 11 is 1.78. The van der Waals surface area contributed by atoms with Gasteiger partial charge >= 0.3 is 0 Å². The zero-order valence-electron chi connectivity index (χ0n) is 12.5. The third-order valence-electron chi connectivity index (χ3n) is 4.01. The average molecular weight is 303 g/mol. The van der Waals surface area contributed by atoms with E-state index < -0.39 is 0 Å². The van der Waals surface area contributed by atoms with E-state index in [-0.39, 0.29) is 11.9 Å². The van der Waals surface area contributed by atoms with Crippen LogP contribution in [0.25, 0.3) is 10.1 Å². The number of hydrogen-bond acceptors (Lipinski definition) is 4. The fourth-order valence-corrected chi connectivity index (χ4v) is 3.81. The Morgan fingerprint density at radius 3 is 3.05 bits per heavy atom. The van der Waals surface area contributed by atoms with Gasteiger partial charge in [0.2, 0.25) is 5.91 Å². The van der Waals surface area contributed by atoms with Gasteiger partial charge in [0.15, 0.2) is 0 Å². The molecule has 2 heterocycles. The lowest BCUT2D eigenvalue weighted by Gasteiger charge is -2.36. The van der Waals surface area contributed by atoms with Crippen LogP contribution in [0.15, 0.2) is 29.6 Å². The lowest BCUT2D eigenvalue weighted by molar-refractivity contribution is -0.135. The van der Waals surface area contributed by atoms with Crippen molar-refractivity contribution in [1.82, 2.24) is 15.1 Å². The summed E-state index contributed by atoms with van der Waals surface area (Å²) in [6.45, 7) is 3.43. The van der Waals surface area contributed by atoms with Gasteiger partial charge < -0.3 is 10.2 Å². The number of amides is 1. The summed E-state index contributed by atoms with van der Waals surface area (Å²) in [7, 11) is 3.66. The van der Waals surface area contributed by atoms with Crippen LogP contribution in [0, 0.1) is 0 Å². The Morgan fingerprint density at radius 1 is 1.43 bits per heavy atom. The Bertz CT molecular complexity index is 637. The van der Waals surface area contributed by atoms with Gasteiger partial charge in [-0.05, 0) is 22.4 Å². The molecular formula is C16H21N3OS. The predicted molar refractivity (Wildman–Crippen MR) is 87.6 cm³/mol. The average Bonchev–Trinajstić information content (AvgIpc) is 2.90. The first kappa shape index (κ1) is 14.5. The third-order valence-corrected chi connectivity index (χ3v) is 5.03. The highest BCUT2D eigenvalue weighted by Crippen LogP contribution is 2.27. The summed E-state index contributed by atoms with van der Waals surface area (Å²) in [6, 6.07) is 8.42. The van der Waals surface area contributed by atoms with Crippen molar-refractivity contribution in [3.63, 3.8) is 0 Å². The van der Waals surface area contributed by atoms with Crippen molar-refractivity contribution in [2.24, 2.45) is 0 Å². The highest BCUT2D eigenvalue weighted by Gasteiger charge is 2.29. The lowest BCUT2D eigenvalue weighted by atomic mass is 10.1. The molecule has 21 heavy (non-hydrogen) atoms. The van der Waals surface area contributed by atoms with Crippen molar-refractivity contribution in [2.45, 2.75) is 12.6 Å². The van der Waals surface area contributed by atoms with Crippen LogP contribution in [-0.4, -0.2) is 55.5 Å². The maximum Gasteiger partial charge on any atom is 0.240 e. The van der Waals surface area contributed by atoms with Crippen LogP contribution in [-0.2, 0) is 11.3 Å². The molecule has 1 aromatic heterocycles. The Hall–Kier alpha value is -1.43. The number of fused-ring (bicyclic) bond motifs is 1. The number of piperazine rings is 1. The van der Waals surface area contributed by atoms with E-state index in [2.05, 4.69) is 39.9 Å². The highest BCUT2D eigenvalue weighted by atomic mass is 32.1. The molecule has 112 valence electrons. The first-order valence-electron chi connectivity index (χ1n) is 7.28. The van der Waals surface area contributed by atoms with Gasteiger partial charge in [-0.3, -0.25) is 9.69 Å². The maximum absolute atomic E-state index is 12.3. The number of rotatable bonds is 3. The summed E-state index contributed by atoms with van der Waals surface area (Å²) < 4.78 is 1.32. The number of thiophene rings is 1. The van der Waals surface area contributed by atoms with Crippen LogP contribution in [0.1, 0.15) is 5.56 Å². The van der Waals surface area contributed by atoms with E-state index in [9.17, 15) is 4.79 Å². The molecule has 3 rings (SSSR count). The zero-order chi connectivity index (χ0) is 14.8. The minimum absolute atomic E-state index is 0.0626. The predicted octanol–water partition coefficient (Wildman–Crippen LogP) is 1.76. The van der Waals surface area contributed by atoms with Crippen molar-refractivity contribution >= 4 is 27.3 Å². The van der Waals surface area contributed by atoms with E-state index in [0.717, 1.165) is 26.2 Å². The van der Waals surface area contributed by atoms with Gasteiger partial charge in [-0.15, -0.1) is 11.3 Å². The normalized spacial score (nSPS) is 19.8. The second kappa shape index (κ2) is 6.13. The summed E-state index contributed by atoms with van der Waals surface area (Å²) in [5.74, 6) is 0.182. The molecule has 0 aliphatic carbocycles. The molecule has 0 bridgehead atoms. The highest BCUT2D eigenvalue weighted by molar-refractivity contribution is 7.17. The van der Waals surface area contributed by atoms with Crippen molar-refractivity contribution in [3.05, 3.63) is 35.2 Å². The maximum atomic E-state index is 12.3. The Morgan fingerprint density at radius 2 is 2.24 bits per heavy atom. The molecular weight excluding hydrogens is 282 g/mol. The minimum Gasteiger partial charge on any atom is -0.347 e. The summed E-state index contributed by atoms with van der Waals surface area (Å²) in [5, 5.41) is 6.87. The Balaban J connectivity index is 1.83. The molecule has 2 aromatic rings. The van der Waals surface area contributed by atoms with Gasteiger partial charge in [-0.2, -0.15) is 0 Å². The number of benzene rings is 1. The second-order valence-corrected chi connectivity index (χ2v) is 6.59. The molecule has 4 nitrogen and oxygen atoms in total. The zero-order valence-corrected chi connectivity index (χ0v) is 13.3. The molecule has 1 atom stereocenters. The molecule has 0 spiro atoms. The fraction of sp³-hybridized carbons (Fsp3) is 0.438. The minimum atomic E-state index is -0.0626. The van der Waals surface area contributed by atoms with Crippen molar-refractivity contribution in [3.8, 4) is 0 Å². The van der Waals surface area contributed by atoms with Crippen LogP contribution in [0.5, 0.6) is 0 Å². The van der Waals surface area contributed by atoms with Gasteiger partial charge in [0.05, 0.1) is 0 Å². The molecule has 1 aliphatic rings. The molecule has 0 saturated carbocycles. The fourth-order valence-electron chi connectivity index (χ4n) is 2.85. The number of carbonyl (C=O) groups is 1. The lowest BCUT2D eigenvalue weighted by Crippen LogP contribution is -2.57. The van der Waals surface area contributed by atoms with Gasteiger partial charge in [0.1, 0.15) is 6.04 Å². The van der Waals surface area contributed by atoms with Crippen molar-refractivity contribution < 1.29 is 4.79 Å². The molecule has 5 heteroatoms. The monoisotopic (exact) mass is 303 g/mol.